The maximum Gasteiger partial charge on any atom is 0.412 e. The maximum absolute atomic E-state index is 11.9. The molecule has 0 atom stereocenters. The number of carbonyl (C=O) groups is 1. The fourth-order valence-corrected chi connectivity index (χ4v) is 1.79. The van der Waals surface area contributed by atoms with Gasteiger partial charge in [0.1, 0.15) is 11.4 Å². The van der Waals surface area contributed by atoms with E-state index >= 15 is 0 Å². The lowest BCUT2D eigenvalue weighted by atomic mass is 10.1. The lowest BCUT2D eigenvalue weighted by Gasteiger charge is -2.20. The molecule has 1 aromatic heterocycles. The van der Waals surface area contributed by atoms with Crippen LogP contribution in [-0.4, -0.2) is 24.0 Å². The Labute approximate surface area is 128 Å². The van der Waals surface area contributed by atoms with E-state index in [1.807, 2.05) is 0 Å². The van der Waals surface area contributed by atoms with Gasteiger partial charge < -0.3 is 19.7 Å². The SMILES string of the molecule is COc1ccc(NC(=O)OC(C)(C)C)c(-c2cc(N)no2)c1. The van der Waals surface area contributed by atoms with Crippen molar-refractivity contribution in [1.82, 2.24) is 5.16 Å². The van der Waals surface area contributed by atoms with Crippen LogP contribution in [0.1, 0.15) is 20.8 Å². The van der Waals surface area contributed by atoms with Crippen LogP contribution in [0.15, 0.2) is 28.8 Å². The van der Waals surface area contributed by atoms with Crippen LogP contribution in [0.3, 0.4) is 0 Å². The minimum atomic E-state index is -0.590. The van der Waals surface area contributed by atoms with Crippen LogP contribution in [0.5, 0.6) is 5.75 Å². The zero-order valence-corrected chi connectivity index (χ0v) is 13.0. The van der Waals surface area contributed by atoms with Crippen LogP contribution in [0.2, 0.25) is 0 Å². The summed E-state index contributed by atoms with van der Waals surface area (Å²) in [5, 5.41) is 6.33. The van der Waals surface area contributed by atoms with E-state index in [2.05, 4.69) is 10.5 Å². The summed E-state index contributed by atoms with van der Waals surface area (Å²) in [4.78, 5) is 11.9. The quantitative estimate of drug-likeness (QED) is 0.902. The first-order valence-electron chi connectivity index (χ1n) is 6.69. The van der Waals surface area contributed by atoms with Gasteiger partial charge in [0.2, 0.25) is 0 Å². The molecule has 2 rings (SSSR count). The summed E-state index contributed by atoms with van der Waals surface area (Å²) in [6.45, 7) is 5.37. The number of rotatable bonds is 3. The van der Waals surface area contributed by atoms with Crippen LogP contribution in [-0.2, 0) is 4.74 Å². The van der Waals surface area contributed by atoms with E-state index in [9.17, 15) is 4.79 Å². The molecule has 0 spiro atoms. The number of aromatic nitrogens is 1. The molecule has 2 aromatic rings. The molecule has 0 aliphatic heterocycles. The van der Waals surface area contributed by atoms with Crippen LogP contribution < -0.4 is 15.8 Å². The molecule has 7 nitrogen and oxygen atoms in total. The fraction of sp³-hybridized carbons (Fsp3) is 0.333. The first-order chi connectivity index (χ1) is 10.3. The lowest BCUT2D eigenvalue weighted by Crippen LogP contribution is -2.27. The highest BCUT2D eigenvalue weighted by molar-refractivity contribution is 5.91. The lowest BCUT2D eigenvalue weighted by molar-refractivity contribution is 0.0636. The van der Waals surface area contributed by atoms with Gasteiger partial charge in [-0.15, -0.1) is 0 Å². The molecule has 1 aromatic carbocycles. The van der Waals surface area contributed by atoms with Crippen molar-refractivity contribution in [3.8, 4) is 17.1 Å². The molecule has 0 saturated heterocycles. The number of nitrogens with two attached hydrogens (primary N) is 1. The summed E-state index contributed by atoms with van der Waals surface area (Å²) in [6.07, 6.45) is -0.564. The second-order valence-corrected chi connectivity index (χ2v) is 5.65. The molecule has 118 valence electrons. The van der Waals surface area contributed by atoms with Gasteiger partial charge in [0.05, 0.1) is 12.8 Å². The number of nitrogen functional groups attached to an aromatic ring is 1. The third-order valence-corrected chi connectivity index (χ3v) is 2.66. The number of nitrogens with one attached hydrogen (secondary N) is 1. The molecule has 7 heteroatoms. The Hall–Kier alpha value is -2.70. The van der Waals surface area contributed by atoms with Gasteiger partial charge in [-0.05, 0) is 39.0 Å². The topological polar surface area (TPSA) is 99.6 Å². The van der Waals surface area contributed by atoms with E-state index in [4.69, 9.17) is 19.7 Å². The molecule has 0 radical (unpaired) electrons. The highest BCUT2D eigenvalue weighted by Gasteiger charge is 2.19. The molecular formula is C15H19N3O4. The monoisotopic (exact) mass is 305 g/mol. The molecule has 22 heavy (non-hydrogen) atoms. The number of benzene rings is 1. The van der Waals surface area contributed by atoms with Crippen LogP contribution >= 0.6 is 0 Å². The summed E-state index contributed by atoms with van der Waals surface area (Å²) < 4.78 is 15.6. The summed E-state index contributed by atoms with van der Waals surface area (Å²) >= 11 is 0. The number of anilines is 2. The summed E-state index contributed by atoms with van der Waals surface area (Å²) in [7, 11) is 1.55. The van der Waals surface area contributed by atoms with Crippen LogP contribution in [0.25, 0.3) is 11.3 Å². The van der Waals surface area contributed by atoms with Crippen molar-refractivity contribution in [1.29, 1.82) is 0 Å². The number of hydrogen-bond acceptors (Lipinski definition) is 6. The zero-order chi connectivity index (χ0) is 16.3. The summed E-state index contributed by atoms with van der Waals surface area (Å²) in [5.41, 5.74) is 6.08. The summed E-state index contributed by atoms with van der Waals surface area (Å²) in [6, 6.07) is 6.69. The predicted octanol–water partition coefficient (Wildman–Crippen LogP) is 3.28. The number of amides is 1. The standard InChI is InChI=1S/C15H19N3O4/c1-15(2,3)21-14(19)17-11-6-5-9(20-4)7-10(11)12-8-13(16)18-22-12/h5-8H,1-4H3,(H2,16,18)(H,17,19). The third kappa shape index (κ3) is 3.91. The fourth-order valence-electron chi connectivity index (χ4n) is 1.79. The molecule has 0 unspecified atom stereocenters. The van der Waals surface area contributed by atoms with Crippen molar-refractivity contribution in [2.45, 2.75) is 26.4 Å². The summed E-state index contributed by atoms with van der Waals surface area (Å²) in [5.74, 6) is 1.28. The molecule has 0 aliphatic carbocycles. The van der Waals surface area contributed by atoms with Gasteiger partial charge in [-0.3, -0.25) is 5.32 Å². The van der Waals surface area contributed by atoms with E-state index < -0.39 is 11.7 Å². The van der Waals surface area contributed by atoms with Gasteiger partial charge in [-0.1, -0.05) is 5.16 Å². The first-order valence-corrected chi connectivity index (χ1v) is 6.69. The second kappa shape index (κ2) is 5.97. The average molecular weight is 305 g/mol. The molecule has 0 saturated carbocycles. The van der Waals surface area contributed by atoms with Crippen molar-refractivity contribution in [3.05, 3.63) is 24.3 Å². The van der Waals surface area contributed by atoms with Crippen molar-refractivity contribution >= 4 is 17.6 Å². The second-order valence-electron chi connectivity index (χ2n) is 5.65. The zero-order valence-electron chi connectivity index (χ0n) is 13.0. The first kappa shape index (κ1) is 15.7. The van der Waals surface area contributed by atoms with E-state index in [0.717, 1.165) is 0 Å². The Balaban J connectivity index is 2.33. The number of hydrogen-bond donors (Lipinski definition) is 2. The van der Waals surface area contributed by atoms with Crippen molar-refractivity contribution in [2.24, 2.45) is 0 Å². The van der Waals surface area contributed by atoms with E-state index in [1.54, 1.807) is 52.1 Å². The van der Waals surface area contributed by atoms with Gasteiger partial charge >= 0.3 is 6.09 Å². The highest BCUT2D eigenvalue weighted by Crippen LogP contribution is 2.33. The Morgan fingerprint density at radius 2 is 2.05 bits per heavy atom. The Morgan fingerprint density at radius 3 is 2.59 bits per heavy atom. The molecule has 1 heterocycles. The van der Waals surface area contributed by atoms with Crippen LogP contribution in [0, 0.1) is 0 Å². The average Bonchev–Trinajstić information content (AvgIpc) is 2.83. The van der Waals surface area contributed by atoms with Crippen molar-refractivity contribution < 1.29 is 18.8 Å². The number of methoxy groups -OCH3 is 1. The van der Waals surface area contributed by atoms with E-state index in [0.29, 0.717) is 22.8 Å². The van der Waals surface area contributed by atoms with E-state index in [-0.39, 0.29) is 5.82 Å². The third-order valence-electron chi connectivity index (χ3n) is 2.66. The van der Waals surface area contributed by atoms with Gasteiger partial charge in [-0.2, -0.15) is 0 Å². The molecule has 0 bridgehead atoms. The molecule has 0 aliphatic rings. The highest BCUT2D eigenvalue weighted by atomic mass is 16.6. The minimum absolute atomic E-state index is 0.251. The predicted molar refractivity (Wildman–Crippen MR) is 82.8 cm³/mol. The van der Waals surface area contributed by atoms with Gasteiger partial charge in [0.15, 0.2) is 11.6 Å². The molecule has 1 amide bonds. The maximum atomic E-state index is 11.9. The van der Waals surface area contributed by atoms with Crippen molar-refractivity contribution in [2.75, 3.05) is 18.2 Å². The van der Waals surface area contributed by atoms with Gasteiger partial charge in [0.25, 0.3) is 0 Å². The smallest absolute Gasteiger partial charge is 0.412 e. The molecule has 0 fully saturated rings. The van der Waals surface area contributed by atoms with E-state index in [1.165, 1.54) is 0 Å². The number of nitrogens with zero attached hydrogens (tertiary/aromatic N) is 1. The van der Waals surface area contributed by atoms with Gasteiger partial charge in [-0.25, -0.2) is 4.79 Å². The Kier molecular flexibility index (Phi) is 4.25. The number of carbonyl (C=O) groups excluding carboxylic acids is 1. The normalized spacial score (nSPS) is 11.1. The molecule has 3 N–H and O–H groups in total. The minimum Gasteiger partial charge on any atom is -0.497 e. The number of ether oxygens (including phenoxy) is 2. The molecular weight excluding hydrogens is 286 g/mol. The largest absolute Gasteiger partial charge is 0.497 e. The van der Waals surface area contributed by atoms with Crippen LogP contribution in [0.4, 0.5) is 16.3 Å². The Morgan fingerprint density at radius 1 is 1.32 bits per heavy atom. The van der Waals surface area contributed by atoms with Gasteiger partial charge in [0, 0.05) is 11.6 Å². The Bertz CT molecular complexity index is 674. The van der Waals surface area contributed by atoms with Crippen molar-refractivity contribution in [3.63, 3.8) is 0 Å².